The average Bonchev–Trinajstić information content (AvgIpc) is 3.84. The molecule has 12 nitrogen and oxygen atoms in total. The second-order valence-corrected chi connectivity index (χ2v) is 14.3. The Kier molecular flexibility index (Phi) is 17.0. The summed E-state index contributed by atoms with van der Waals surface area (Å²) in [6.07, 6.45) is 8.37. The molecule has 2 rings (SSSR count). The topological polar surface area (TPSA) is 158 Å². The third-order valence-electron chi connectivity index (χ3n) is 9.08. The number of epoxide rings is 1. The number of aliphatic hydroxyl groups is 1. The van der Waals surface area contributed by atoms with E-state index >= 15 is 0 Å². The van der Waals surface area contributed by atoms with Gasteiger partial charge in [-0.2, -0.15) is 0 Å². The summed E-state index contributed by atoms with van der Waals surface area (Å²) in [6.45, 7) is 18.0. The number of amides is 2. The summed E-state index contributed by atoms with van der Waals surface area (Å²) in [5.41, 5.74) is 2.53. The summed E-state index contributed by atoms with van der Waals surface area (Å²) >= 11 is 0. The van der Waals surface area contributed by atoms with Gasteiger partial charge in [0, 0.05) is 13.0 Å². The number of hydrogen-bond donors (Lipinski definition) is 4. The van der Waals surface area contributed by atoms with Gasteiger partial charge in [0.1, 0.15) is 18.9 Å². The minimum atomic E-state index is -1.22. The third kappa shape index (κ3) is 14.6. The third-order valence-corrected chi connectivity index (χ3v) is 9.08. The van der Waals surface area contributed by atoms with Gasteiger partial charge >= 0.3 is 11.9 Å². The maximum Gasteiger partial charge on any atom is 0.345 e. The van der Waals surface area contributed by atoms with Crippen LogP contribution < -0.4 is 10.6 Å². The number of carboxylic acid groups (broad SMARTS) is 1. The molecular formula is C36H61N4O8+. The molecule has 2 amide bonds. The van der Waals surface area contributed by atoms with Crippen LogP contribution in [0.4, 0.5) is 0 Å². The summed E-state index contributed by atoms with van der Waals surface area (Å²) in [6, 6.07) is 0. The Morgan fingerprint density at radius 3 is 2.35 bits per heavy atom. The fraction of sp³-hybridized carbons (Fsp3) is 0.722. The molecule has 0 aliphatic carbocycles. The Morgan fingerprint density at radius 2 is 1.75 bits per heavy atom. The van der Waals surface area contributed by atoms with Gasteiger partial charge in [-0.15, -0.1) is 0 Å². The lowest BCUT2D eigenvalue weighted by Gasteiger charge is -2.42. The number of likely N-dealkylation sites (N-methyl/N-ethyl adjacent to an activating group) is 1. The number of ether oxygens (including phenoxy) is 2. The first-order chi connectivity index (χ1) is 22.5. The molecule has 0 spiro atoms. The van der Waals surface area contributed by atoms with E-state index in [4.69, 9.17) is 9.47 Å². The molecule has 0 aromatic rings. The van der Waals surface area contributed by atoms with Crippen LogP contribution in [0.15, 0.2) is 35.5 Å². The highest BCUT2D eigenvalue weighted by Crippen LogP contribution is 2.36. The number of quaternary nitrogens is 1. The number of rotatable bonds is 20. The number of piperazine rings is 1. The van der Waals surface area contributed by atoms with Gasteiger partial charge in [0.15, 0.2) is 6.10 Å². The average molecular weight is 678 g/mol. The predicted octanol–water partition coefficient (Wildman–Crippen LogP) is 3.02. The number of aliphatic hydroxyl groups excluding tert-OH is 1. The molecule has 0 radical (unpaired) electrons. The number of esters is 1. The largest absolute Gasteiger partial charge is 0.479 e. The van der Waals surface area contributed by atoms with E-state index in [0.29, 0.717) is 12.3 Å². The molecule has 2 fully saturated rings. The van der Waals surface area contributed by atoms with Crippen molar-refractivity contribution in [3.8, 4) is 0 Å². The lowest BCUT2D eigenvalue weighted by atomic mass is 9.97. The molecule has 48 heavy (non-hydrogen) atoms. The number of nitrogens with one attached hydrogen (secondary N) is 2. The lowest BCUT2D eigenvalue weighted by Crippen LogP contribution is -2.58. The monoisotopic (exact) mass is 677 g/mol. The van der Waals surface area contributed by atoms with Crippen molar-refractivity contribution in [1.82, 2.24) is 15.5 Å². The summed E-state index contributed by atoms with van der Waals surface area (Å²) < 4.78 is 12.1. The van der Waals surface area contributed by atoms with Crippen LogP contribution in [0.3, 0.4) is 0 Å². The smallest absolute Gasteiger partial charge is 0.345 e. The van der Waals surface area contributed by atoms with Crippen molar-refractivity contribution in [2.45, 2.75) is 98.7 Å². The van der Waals surface area contributed by atoms with Crippen molar-refractivity contribution in [2.75, 3.05) is 52.9 Å². The summed E-state index contributed by atoms with van der Waals surface area (Å²) in [4.78, 5) is 49.7. The van der Waals surface area contributed by atoms with Crippen LogP contribution in [-0.2, 0) is 28.7 Å². The molecule has 0 aromatic carbocycles. The molecule has 2 saturated heterocycles. The van der Waals surface area contributed by atoms with E-state index < -0.39 is 36.1 Å². The van der Waals surface area contributed by atoms with E-state index in [-0.39, 0.29) is 43.5 Å². The van der Waals surface area contributed by atoms with Crippen molar-refractivity contribution in [3.05, 3.63) is 35.5 Å². The predicted molar refractivity (Wildman–Crippen MR) is 185 cm³/mol. The molecule has 2 aliphatic heterocycles. The minimum absolute atomic E-state index is 0.00702. The zero-order valence-electron chi connectivity index (χ0n) is 30.4. The van der Waals surface area contributed by atoms with Crippen molar-refractivity contribution in [2.24, 2.45) is 17.8 Å². The molecule has 2 heterocycles. The lowest BCUT2D eigenvalue weighted by molar-refractivity contribution is -0.908. The van der Waals surface area contributed by atoms with Crippen LogP contribution in [0.5, 0.6) is 0 Å². The van der Waals surface area contributed by atoms with E-state index in [2.05, 4.69) is 50.6 Å². The number of allylic oxidation sites excluding steroid dienone is 3. The molecule has 6 atom stereocenters. The van der Waals surface area contributed by atoms with Gasteiger partial charge in [-0.3, -0.25) is 19.7 Å². The Bertz CT molecular complexity index is 1170. The SMILES string of the molecule is CCC(=O)N1CC[N+](C)(CC(C)=CC=C(C)C2OC2C(C)CCC=CC(O)NCC(=O)NCC(C)C(=O)OC(CC(C)C)C(=O)O)CC1. The summed E-state index contributed by atoms with van der Waals surface area (Å²) in [5.74, 6) is -2.36. The number of carbonyl (C=O) groups excluding carboxylic acids is 3. The minimum Gasteiger partial charge on any atom is -0.479 e. The standard InChI is InChI=1S/C36H60N4O8/c1-9-32(43)39-16-18-40(8,19-17-39)23-25(4)14-15-27(6)34-33(48-34)26(5)12-10-11-13-30(41)38-22-31(42)37-21-28(7)36(46)47-29(35(44)45)20-24(2)3/h11,13-15,24,26,28-30,33-34,38,41H,9-10,12,16-23H2,1-8H3,(H-,37,42,44,45)/p+1. The van der Waals surface area contributed by atoms with Crippen LogP contribution in [0, 0.1) is 17.8 Å². The highest BCUT2D eigenvalue weighted by atomic mass is 16.6. The van der Waals surface area contributed by atoms with Gasteiger partial charge in [-0.25, -0.2) is 4.79 Å². The molecule has 0 bridgehead atoms. The van der Waals surface area contributed by atoms with Gasteiger partial charge in [0.25, 0.3) is 0 Å². The van der Waals surface area contributed by atoms with Crippen LogP contribution in [0.1, 0.15) is 74.1 Å². The molecular weight excluding hydrogens is 616 g/mol. The maximum atomic E-state index is 12.2. The van der Waals surface area contributed by atoms with Crippen molar-refractivity contribution >= 4 is 23.8 Å². The molecule has 12 heteroatoms. The van der Waals surface area contributed by atoms with E-state index in [9.17, 15) is 29.4 Å². The first-order valence-electron chi connectivity index (χ1n) is 17.4. The maximum absolute atomic E-state index is 12.2. The summed E-state index contributed by atoms with van der Waals surface area (Å²) in [5, 5.41) is 24.8. The van der Waals surface area contributed by atoms with E-state index in [0.717, 1.165) is 50.0 Å². The quantitative estimate of drug-likeness (QED) is 0.0380. The molecule has 2 aliphatic rings. The Morgan fingerprint density at radius 1 is 1.08 bits per heavy atom. The molecule has 0 aromatic heterocycles. The first-order valence-corrected chi connectivity index (χ1v) is 17.4. The van der Waals surface area contributed by atoms with Gasteiger partial charge in [-0.1, -0.05) is 52.8 Å². The number of hydrogen-bond acceptors (Lipinski definition) is 8. The fourth-order valence-corrected chi connectivity index (χ4v) is 5.84. The van der Waals surface area contributed by atoms with Crippen molar-refractivity contribution in [1.29, 1.82) is 0 Å². The zero-order valence-corrected chi connectivity index (χ0v) is 30.4. The Balaban J connectivity index is 1.65. The molecule has 272 valence electrons. The first kappa shape index (κ1) is 41.1. The molecule has 6 unspecified atom stereocenters. The number of carboxylic acids is 1. The van der Waals surface area contributed by atoms with Gasteiger partial charge in [0.2, 0.25) is 11.8 Å². The second kappa shape index (κ2) is 19.8. The summed E-state index contributed by atoms with van der Waals surface area (Å²) in [7, 11) is 2.27. The normalized spacial score (nSPS) is 22.2. The Hall–Kier alpha value is -3.06. The highest BCUT2D eigenvalue weighted by molar-refractivity contribution is 5.81. The van der Waals surface area contributed by atoms with E-state index in [1.165, 1.54) is 11.1 Å². The highest BCUT2D eigenvalue weighted by Gasteiger charge is 2.43. The zero-order chi connectivity index (χ0) is 36.0. The van der Waals surface area contributed by atoms with Gasteiger partial charge in [0.05, 0.1) is 51.8 Å². The van der Waals surface area contributed by atoms with E-state index in [1.54, 1.807) is 13.0 Å². The Labute approximate surface area is 287 Å². The number of nitrogens with zero attached hydrogens (tertiary/aromatic N) is 2. The van der Waals surface area contributed by atoms with Crippen LogP contribution in [0.25, 0.3) is 0 Å². The van der Waals surface area contributed by atoms with Crippen LogP contribution in [-0.4, -0.2) is 121 Å². The van der Waals surface area contributed by atoms with Crippen LogP contribution >= 0.6 is 0 Å². The second-order valence-electron chi connectivity index (χ2n) is 14.3. The van der Waals surface area contributed by atoms with E-state index in [1.807, 2.05) is 31.7 Å². The van der Waals surface area contributed by atoms with Crippen molar-refractivity contribution < 1.29 is 43.3 Å². The molecule has 4 N–H and O–H groups in total. The van der Waals surface area contributed by atoms with Crippen molar-refractivity contribution in [3.63, 3.8) is 0 Å². The van der Waals surface area contributed by atoms with Crippen LogP contribution in [0.2, 0.25) is 0 Å². The fourth-order valence-electron chi connectivity index (χ4n) is 5.84. The molecule has 0 saturated carbocycles. The van der Waals surface area contributed by atoms with Gasteiger partial charge < -0.3 is 34.4 Å². The number of aliphatic carboxylic acids is 1. The number of carbonyl (C=O) groups is 4. The van der Waals surface area contributed by atoms with Gasteiger partial charge in [-0.05, 0) is 62.2 Å².